The molecule has 2 N–H and O–H groups in total. The molecule has 0 aliphatic carbocycles. The van der Waals surface area contributed by atoms with Crippen molar-refractivity contribution in [2.75, 3.05) is 17.2 Å². The van der Waals surface area contributed by atoms with Gasteiger partial charge in [0.05, 0.1) is 0 Å². The first kappa shape index (κ1) is 19.5. The first-order valence-corrected chi connectivity index (χ1v) is 9.04. The van der Waals surface area contributed by atoms with E-state index in [-0.39, 0.29) is 18.4 Å². The fourth-order valence-corrected chi connectivity index (χ4v) is 2.55. The molecule has 0 aromatic heterocycles. The van der Waals surface area contributed by atoms with Gasteiger partial charge in [-0.15, -0.1) is 0 Å². The lowest BCUT2D eigenvalue weighted by Crippen LogP contribution is -2.20. The summed E-state index contributed by atoms with van der Waals surface area (Å²) in [6.45, 7) is 1.84. The molecule has 28 heavy (non-hydrogen) atoms. The number of halogens is 1. The highest BCUT2D eigenvalue weighted by atomic mass is 35.5. The maximum atomic E-state index is 12.3. The number of hydrogen-bond acceptors (Lipinski definition) is 3. The molecule has 3 aromatic carbocycles. The number of aryl methyl sites for hydroxylation is 1. The lowest BCUT2D eigenvalue weighted by molar-refractivity contribution is -0.118. The zero-order valence-corrected chi connectivity index (χ0v) is 16.0. The highest BCUT2D eigenvalue weighted by molar-refractivity contribution is 6.30. The molecule has 5 nitrogen and oxygen atoms in total. The summed E-state index contributed by atoms with van der Waals surface area (Å²) in [5.41, 5.74) is 2.99. The van der Waals surface area contributed by atoms with Crippen molar-refractivity contribution in [1.82, 2.24) is 0 Å². The van der Waals surface area contributed by atoms with E-state index in [1.54, 1.807) is 48.5 Å². The van der Waals surface area contributed by atoms with Crippen molar-refractivity contribution in [1.29, 1.82) is 0 Å². The number of amides is 2. The van der Waals surface area contributed by atoms with E-state index in [0.29, 0.717) is 22.0 Å². The van der Waals surface area contributed by atoms with E-state index >= 15 is 0 Å². The molecule has 3 rings (SSSR count). The van der Waals surface area contributed by atoms with Crippen LogP contribution in [0, 0.1) is 6.92 Å². The normalized spacial score (nSPS) is 10.2. The summed E-state index contributed by atoms with van der Waals surface area (Å²) in [5.74, 6) is -0.00228. The smallest absolute Gasteiger partial charge is 0.262 e. The summed E-state index contributed by atoms with van der Waals surface area (Å²) in [6, 6.07) is 21.0. The Kier molecular flexibility index (Phi) is 6.29. The van der Waals surface area contributed by atoms with Crippen LogP contribution in [0.4, 0.5) is 11.4 Å². The molecule has 0 radical (unpaired) electrons. The number of rotatable bonds is 6. The van der Waals surface area contributed by atoms with Crippen LogP contribution in [0.15, 0.2) is 72.8 Å². The van der Waals surface area contributed by atoms with Crippen molar-refractivity contribution in [2.24, 2.45) is 0 Å². The maximum Gasteiger partial charge on any atom is 0.262 e. The first-order chi connectivity index (χ1) is 13.5. The molecule has 0 aliphatic rings. The topological polar surface area (TPSA) is 67.4 Å². The predicted octanol–water partition coefficient (Wildman–Crippen LogP) is 4.92. The van der Waals surface area contributed by atoms with E-state index < -0.39 is 0 Å². The van der Waals surface area contributed by atoms with Gasteiger partial charge in [-0.25, -0.2) is 0 Å². The van der Waals surface area contributed by atoms with Crippen molar-refractivity contribution < 1.29 is 14.3 Å². The van der Waals surface area contributed by atoms with Gasteiger partial charge in [0.2, 0.25) is 0 Å². The van der Waals surface area contributed by atoms with Gasteiger partial charge < -0.3 is 15.4 Å². The molecule has 0 saturated carbocycles. The minimum Gasteiger partial charge on any atom is -0.484 e. The van der Waals surface area contributed by atoms with Crippen LogP contribution in [-0.4, -0.2) is 18.4 Å². The van der Waals surface area contributed by atoms with Crippen molar-refractivity contribution in [3.63, 3.8) is 0 Å². The fraction of sp³-hybridized carbons (Fsp3) is 0.0909. The highest BCUT2D eigenvalue weighted by Crippen LogP contribution is 2.16. The van der Waals surface area contributed by atoms with Crippen molar-refractivity contribution >= 4 is 34.8 Å². The molecular weight excluding hydrogens is 376 g/mol. The Balaban J connectivity index is 1.50. The minimum atomic E-state index is -0.288. The lowest BCUT2D eigenvalue weighted by atomic mass is 10.2. The predicted molar refractivity (Wildman–Crippen MR) is 111 cm³/mol. The van der Waals surface area contributed by atoms with Gasteiger partial charge in [-0.1, -0.05) is 29.3 Å². The molecule has 0 saturated heterocycles. The van der Waals surface area contributed by atoms with Gasteiger partial charge in [-0.3, -0.25) is 9.59 Å². The number of benzene rings is 3. The summed E-state index contributed by atoms with van der Waals surface area (Å²) < 4.78 is 5.46. The van der Waals surface area contributed by atoms with E-state index in [0.717, 1.165) is 11.3 Å². The first-order valence-electron chi connectivity index (χ1n) is 8.66. The minimum absolute atomic E-state index is 0.141. The van der Waals surface area contributed by atoms with Crippen molar-refractivity contribution in [3.05, 3.63) is 88.9 Å². The summed E-state index contributed by atoms with van der Waals surface area (Å²) in [4.78, 5) is 24.2. The van der Waals surface area contributed by atoms with E-state index in [2.05, 4.69) is 10.6 Å². The Morgan fingerprint density at radius 3 is 2.04 bits per heavy atom. The third kappa shape index (κ3) is 5.59. The summed E-state index contributed by atoms with van der Waals surface area (Å²) >= 11 is 5.81. The largest absolute Gasteiger partial charge is 0.484 e. The Morgan fingerprint density at radius 2 is 1.39 bits per heavy atom. The zero-order chi connectivity index (χ0) is 19.9. The van der Waals surface area contributed by atoms with Crippen LogP contribution in [-0.2, 0) is 4.79 Å². The van der Waals surface area contributed by atoms with Gasteiger partial charge >= 0.3 is 0 Å². The van der Waals surface area contributed by atoms with Crippen LogP contribution < -0.4 is 15.4 Å². The van der Waals surface area contributed by atoms with Crippen molar-refractivity contribution in [3.8, 4) is 5.75 Å². The quantitative estimate of drug-likeness (QED) is 0.623. The second-order valence-corrected chi connectivity index (χ2v) is 6.62. The summed E-state index contributed by atoms with van der Waals surface area (Å²) in [5, 5.41) is 6.14. The van der Waals surface area contributed by atoms with E-state index in [1.807, 2.05) is 31.2 Å². The third-order valence-corrected chi connectivity index (χ3v) is 4.18. The van der Waals surface area contributed by atoms with Gasteiger partial charge in [0.1, 0.15) is 5.75 Å². The van der Waals surface area contributed by atoms with Gasteiger partial charge in [0.25, 0.3) is 11.8 Å². The molecule has 3 aromatic rings. The molecule has 0 heterocycles. The van der Waals surface area contributed by atoms with Crippen molar-refractivity contribution in [2.45, 2.75) is 6.92 Å². The molecule has 0 fully saturated rings. The molecule has 0 atom stereocenters. The lowest BCUT2D eigenvalue weighted by Gasteiger charge is -2.09. The van der Waals surface area contributed by atoms with E-state index in [9.17, 15) is 9.59 Å². The van der Waals surface area contributed by atoms with E-state index in [1.165, 1.54) is 0 Å². The van der Waals surface area contributed by atoms with Crippen LogP contribution in [0.2, 0.25) is 5.02 Å². The number of hydrogen-bond donors (Lipinski definition) is 2. The van der Waals surface area contributed by atoms with Gasteiger partial charge in [0.15, 0.2) is 6.61 Å². The summed E-state index contributed by atoms with van der Waals surface area (Å²) in [7, 11) is 0. The molecule has 0 bridgehead atoms. The number of carbonyl (C=O) groups is 2. The van der Waals surface area contributed by atoms with Crippen LogP contribution in [0.5, 0.6) is 5.75 Å². The Labute approximate surface area is 168 Å². The molecule has 0 aliphatic heterocycles. The Hall–Kier alpha value is -3.31. The molecule has 2 amide bonds. The maximum absolute atomic E-state index is 12.3. The molecule has 6 heteroatoms. The second-order valence-electron chi connectivity index (χ2n) is 6.19. The number of anilines is 2. The number of carbonyl (C=O) groups excluding carboxylic acids is 2. The van der Waals surface area contributed by atoms with E-state index in [4.69, 9.17) is 16.3 Å². The monoisotopic (exact) mass is 394 g/mol. The van der Waals surface area contributed by atoms with Crippen LogP contribution in [0.3, 0.4) is 0 Å². The molecule has 0 unspecified atom stereocenters. The van der Waals surface area contributed by atoms with Crippen LogP contribution in [0.1, 0.15) is 15.9 Å². The average molecular weight is 395 g/mol. The van der Waals surface area contributed by atoms with Crippen LogP contribution >= 0.6 is 11.6 Å². The zero-order valence-electron chi connectivity index (χ0n) is 15.2. The van der Waals surface area contributed by atoms with Gasteiger partial charge in [-0.05, 0) is 67.6 Å². The molecule has 0 spiro atoms. The SMILES string of the molecule is Cc1ccc(NC(=O)c2ccc(OCC(=O)Nc3ccc(Cl)cc3)cc2)cc1. The van der Waals surface area contributed by atoms with Gasteiger partial charge in [-0.2, -0.15) is 0 Å². The average Bonchev–Trinajstić information content (AvgIpc) is 2.70. The standard InChI is InChI=1S/C22H19ClN2O3/c1-15-2-8-19(9-3-15)25-22(27)16-4-12-20(13-5-16)28-14-21(26)24-18-10-6-17(23)7-11-18/h2-13H,14H2,1H3,(H,24,26)(H,25,27). The third-order valence-electron chi connectivity index (χ3n) is 3.92. The second kappa shape index (κ2) is 9.06. The molecular formula is C22H19ClN2O3. The number of nitrogens with one attached hydrogen (secondary N) is 2. The van der Waals surface area contributed by atoms with Gasteiger partial charge in [0, 0.05) is 22.0 Å². The van der Waals surface area contributed by atoms with Crippen LogP contribution in [0.25, 0.3) is 0 Å². The fourth-order valence-electron chi connectivity index (χ4n) is 2.42. The Morgan fingerprint density at radius 1 is 0.821 bits per heavy atom. The molecule has 142 valence electrons. The Bertz CT molecular complexity index is 953. The number of ether oxygens (including phenoxy) is 1. The summed E-state index contributed by atoms with van der Waals surface area (Å²) in [6.07, 6.45) is 0. The highest BCUT2D eigenvalue weighted by Gasteiger charge is 2.08.